The molecule has 76 valence electrons. The van der Waals surface area contributed by atoms with Crippen LogP contribution in [0.2, 0.25) is 0 Å². The molecule has 0 amide bonds. The molecule has 0 aromatic carbocycles. The van der Waals surface area contributed by atoms with Crippen LogP contribution in [-0.4, -0.2) is 23.7 Å². The number of carboxylic acid groups (broad SMARTS) is 1. The monoisotopic (exact) mass is 185 g/mol. The van der Waals surface area contributed by atoms with E-state index in [1.54, 1.807) is 0 Å². The Labute approximate surface area is 79.5 Å². The summed E-state index contributed by atoms with van der Waals surface area (Å²) in [4.78, 5) is 10.6. The highest BCUT2D eigenvalue weighted by Crippen LogP contribution is 2.19. The van der Waals surface area contributed by atoms with Crippen molar-refractivity contribution in [3.63, 3.8) is 0 Å². The van der Waals surface area contributed by atoms with Crippen LogP contribution in [-0.2, 0) is 4.79 Å². The highest BCUT2D eigenvalue weighted by atomic mass is 16.4. The van der Waals surface area contributed by atoms with E-state index in [1.165, 1.54) is 19.3 Å². The van der Waals surface area contributed by atoms with Gasteiger partial charge in [-0.1, -0.05) is 19.8 Å². The van der Waals surface area contributed by atoms with Gasteiger partial charge in [0.15, 0.2) is 0 Å². The Morgan fingerprint density at radius 2 is 2.31 bits per heavy atom. The molecule has 0 aromatic heterocycles. The highest BCUT2D eigenvalue weighted by Gasteiger charge is 2.24. The molecule has 1 aliphatic rings. The van der Waals surface area contributed by atoms with Gasteiger partial charge in [0.1, 0.15) is 6.04 Å². The van der Waals surface area contributed by atoms with Crippen LogP contribution in [0.4, 0.5) is 0 Å². The highest BCUT2D eigenvalue weighted by molar-refractivity contribution is 5.73. The summed E-state index contributed by atoms with van der Waals surface area (Å²) in [5, 5.41) is 11.8. The molecule has 0 radical (unpaired) electrons. The maximum absolute atomic E-state index is 10.6. The van der Waals surface area contributed by atoms with Gasteiger partial charge in [0.05, 0.1) is 0 Å². The van der Waals surface area contributed by atoms with E-state index < -0.39 is 5.97 Å². The summed E-state index contributed by atoms with van der Waals surface area (Å²) in [5.74, 6) is 0.00416. The Kier molecular flexibility index (Phi) is 4.22. The molecular weight excluding hydrogens is 166 g/mol. The lowest BCUT2D eigenvalue weighted by atomic mass is 9.91. The van der Waals surface area contributed by atoms with Crippen LogP contribution in [0, 0.1) is 5.92 Å². The van der Waals surface area contributed by atoms with Gasteiger partial charge in [-0.3, -0.25) is 4.79 Å². The average molecular weight is 185 g/mol. The molecule has 3 nitrogen and oxygen atoms in total. The molecule has 2 atom stereocenters. The first-order valence-electron chi connectivity index (χ1n) is 5.20. The fraction of sp³-hybridized carbons (Fsp3) is 0.900. The van der Waals surface area contributed by atoms with Crippen molar-refractivity contribution in [2.24, 2.45) is 5.92 Å². The summed E-state index contributed by atoms with van der Waals surface area (Å²) < 4.78 is 0. The maximum Gasteiger partial charge on any atom is 0.320 e. The van der Waals surface area contributed by atoms with Gasteiger partial charge in [0, 0.05) is 0 Å². The maximum atomic E-state index is 10.6. The lowest BCUT2D eigenvalue weighted by Crippen LogP contribution is -2.43. The van der Waals surface area contributed by atoms with Gasteiger partial charge >= 0.3 is 5.97 Å². The second-order valence-corrected chi connectivity index (χ2v) is 3.88. The van der Waals surface area contributed by atoms with Gasteiger partial charge in [0.2, 0.25) is 0 Å². The number of unbranched alkanes of at least 4 members (excludes halogenated alkanes) is 1. The SMILES string of the molecule is CCCC[C@@H]1CC[C@@H](C(=O)O)NC1. The summed E-state index contributed by atoms with van der Waals surface area (Å²) in [5.41, 5.74) is 0. The minimum atomic E-state index is -0.700. The Balaban J connectivity index is 2.18. The van der Waals surface area contributed by atoms with E-state index in [-0.39, 0.29) is 6.04 Å². The van der Waals surface area contributed by atoms with Crippen LogP contribution >= 0.6 is 0 Å². The molecule has 1 aliphatic heterocycles. The van der Waals surface area contributed by atoms with Crippen LogP contribution in [0.25, 0.3) is 0 Å². The molecule has 0 aromatic rings. The molecule has 1 fully saturated rings. The van der Waals surface area contributed by atoms with Crippen molar-refractivity contribution in [1.29, 1.82) is 0 Å². The van der Waals surface area contributed by atoms with Crippen molar-refractivity contribution in [2.75, 3.05) is 6.54 Å². The summed E-state index contributed by atoms with van der Waals surface area (Å²) in [6.45, 7) is 3.08. The molecule has 0 bridgehead atoms. The van der Waals surface area contributed by atoms with Crippen molar-refractivity contribution >= 4 is 5.97 Å². The average Bonchev–Trinajstić information content (AvgIpc) is 2.15. The Bertz CT molecular complexity index is 162. The van der Waals surface area contributed by atoms with E-state index in [0.717, 1.165) is 19.4 Å². The third-order valence-electron chi connectivity index (χ3n) is 2.78. The molecule has 13 heavy (non-hydrogen) atoms. The number of nitrogens with one attached hydrogen (secondary N) is 1. The smallest absolute Gasteiger partial charge is 0.320 e. The van der Waals surface area contributed by atoms with Gasteiger partial charge in [-0.25, -0.2) is 0 Å². The number of rotatable bonds is 4. The predicted octanol–water partition coefficient (Wildman–Crippen LogP) is 1.63. The van der Waals surface area contributed by atoms with Gasteiger partial charge < -0.3 is 10.4 Å². The first kappa shape index (κ1) is 10.5. The third-order valence-corrected chi connectivity index (χ3v) is 2.78. The Morgan fingerprint density at radius 3 is 2.77 bits per heavy atom. The van der Waals surface area contributed by atoms with E-state index in [4.69, 9.17) is 5.11 Å². The molecule has 0 saturated carbocycles. The molecule has 2 N–H and O–H groups in total. The fourth-order valence-electron chi connectivity index (χ4n) is 1.87. The molecule has 0 aliphatic carbocycles. The molecule has 0 spiro atoms. The van der Waals surface area contributed by atoms with Gasteiger partial charge in [-0.15, -0.1) is 0 Å². The zero-order chi connectivity index (χ0) is 9.68. The summed E-state index contributed by atoms with van der Waals surface area (Å²) in [6, 6.07) is -0.294. The molecular formula is C10H19NO2. The quantitative estimate of drug-likeness (QED) is 0.700. The molecule has 1 saturated heterocycles. The largest absolute Gasteiger partial charge is 0.480 e. The lowest BCUT2D eigenvalue weighted by Gasteiger charge is -2.27. The second-order valence-electron chi connectivity index (χ2n) is 3.88. The van der Waals surface area contributed by atoms with Crippen LogP contribution in [0.3, 0.4) is 0 Å². The Hall–Kier alpha value is -0.570. The normalized spacial score (nSPS) is 28.7. The molecule has 1 rings (SSSR count). The fourth-order valence-corrected chi connectivity index (χ4v) is 1.87. The topological polar surface area (TPSA) is 49.3 Å². The first-order chi connectivity index (χ1) is 6.24. The van der Waals surface area contributed by atoms with E-state index in [0.29, 0.717) is 5.92 Å². The van der Waals surface area contributed by atoms with E-state index in [9.17, 15) is 4.79 Å². The molecule has 1 heterocycles. The number of piperidine rings is 1. The van der Waals surface area contributed by atoms with E-state index >= 15 is 0 Å². The summed E-state index contributed by atoms with van der Waals surface area (Å²) in [6.07, 6.45) is 5.62. The zero-order valence-electron chi connectivity index (χ0n) is 8.25. The van der Waals surface area contributed by atoms with Gasteiger partial charge in [-0.2, -0.15) is 0 Å². The van der Waals surface area contributed by atoms with E-state index in [1.807, 2.05) is 0 Å². The predicted molar refractivity (Wildman–Crippen MR) is 51.7 cm³/mol. The van der Waals surface area contributed by atoms with Crippen molar-refractivity contribution in [1.82, 2.24) is 5.32 Å². The van der Waals surface area contributed by atoms with Crippen LogP contribution in [0.5, 0.6) is 0 Å². The first-order valence-corrected chi connectivity index (χ1v) is 5.20. The standard InChI is InChI=1S/C10H19NO2/c1-2-3-4-8-5-6-9(10(12)13)11-7-8/h8-9,11H,2-7H2,1H3,(H,12,13)/t8-,9+/m1/s1. The summed E-state index contributed by atoms with van der Waals surface area (Å²) >= 11 is 0. The van der Waals surface area contributed by atoms with Gasteiger partial charge in [-0.05, 0) is 31.7 Å². The van der Waals surface area contributed by atoms with E-state index in [2.05, 4.69) is 12.2 Å². The van der Waals surface area contributed by atoms with Crippen LogP contribution in [0.15, 0.2) is 0 Å². The summed E-state index contributed by atoms with van der Waals surface area (Å²) in [7, 11) is 0. The zero-order valence-corrected chi connectivity index (χ0v) is 8.25. The van der Waals surface area contributed by atoms with Crippen molar-refractivity contribution in [3.05, 3.63) is 0 Å². The van der Waals surface area contributed by atoms with Crippen molar-refractivity contribution in [2.45, 2.75) is 45.1 Å². The van der Waals surface area contributed by atoms with Crippen molar-refractivity contribution < 1.29 is 9.90 Å². The minimum Gasteiger partial charge on any atom is -0.480 e. The molecule has 3 heteroatoms. The minimum absolute atomic E-state index is 0.294. The van der Waals surface area contributed by atoms with Crippen LogP contribution < -0.4 is 5.32 Å². The lowest BCUT2D eigenvalue weighted by molar-refractivity contribution is -0.140. The Morgan fingerprint density at radius 1 is 1.54 bits per heavy atom. The second kappa shape index (κ2) is 5.22. The van der Waals surface area contributed by atoms with Crippen molar-refractivity contribution in [3.8, 4) is 0 Å². The van der Waals surface area contributed by atoms with Gasteiger partial charge in [0.25, 0.3) is 0 Å². The number of aliphatic carboxylic acids is 1. The third kappa shape index (κ3) is 3.35. The number of hydrogen-bond acceptors (Lipinski definition) is 2. The number of hydrogen-bond donors (Lipinski definition) is 2. The number of carboxylic acids is 1. The molecule has 0 unspecified atom stereocenters. The number of carbonyl (C=O) groups is 1. The van der Waals surface area contributed by atoms with Crippen LogP contribution in [0.1, 0.15) is 39.0 Å².